The molecule has 0 saturated heterocycles. The van der Waals surface area contributed by atoms with Gasteiger partial charge in [0, 0.05) is 22.8 Å². The summed E-state index contributed by atoms with van der Waals surface area (Å²) in [6, 6.07) is 2.88. The number of nitro groups is 1. The van der Waals surface area contributed by atoms with Crippen LogP contribution in [0.3, 0.4) is 0 Å². The Labute approximate surface area is 113 Å². The van der Waals surface area contributed by atoms with Gasteiger partial charge < -0.3 is 4.74 Å². The molecule has 0 spiro atoms. The number of nitrogens with zero attached hydrogens (tertiary/aromatic N) is 1. The minimum absolute atomic E-state index is 0.0384. The van der Waals surface area contributed by atoms with Crippen LogP contribution in [0.15, 0.2) is 18.2 Å². The Morgan fingerprint density at radius 2 is 2.05 bits per heavy atom. The monoisotopic (exact) mass is 311 g/mol. The highest BCUT2D eigenvalue weighted by atomic mass is 35.7. The molecule has 0 N–H and O–H groups in total. The van der Waals surface area contributed by atoms with Crippen molar-refractivity contribution < 1.29 is 22.5 Å². The Kier molecular flexibility index (Phi) is 5.49. The number of hydrogen-bond acceptors (Lipinski definition) is 5. The van der Waals surface area contributed by atoms with Crippen LogP contribution >= 0.6 is 10.7 Å². The number of hydrogen-bond donors (Lipinski definition) is 0. The predicted octanol–water partition coefficient (Wildman–Crippen LogP) is 2.46. The third-order valence-corrected chi connectivity index (χ3v) is 3.40. The van der Waals surface area contributed by atoms with Crippen LogP contribution in [-0.2, 0) is 9.05 Å². The van der Waals surface area contributed by atoms with Crippen molar-refractivity contribution in [1.29, 1.82) is 0 Å². The molecule has 9 heteroatoms. The first-order valence-electron chi connectivity index (χ1n) is 5.28. The third-order valence-electron chi connectivity index (χ3n) is 2.16. The van der Waals surface area contributed by atoms with Gasteiger partial charge in [-0.05, 0) is 18.9 Å². The van der Waals surface area contributed by atoms with E-state index >= 15 is 0 Å². The maximum Gasteiger partial charge on any atom is 0.311 e. The molecule has 0 aliphatic carbocycles. The van der Waals surface area contributed by atoms with E-state index in [1.165, 1.54) is 0 Å². The molecule has 0 aromatic heterocycles. The number of rotatable bonds is 7. The van der Waals surface area contributed by atoms with Gasteiger partial charge in [-0.3, -0.25) is 10.1 Å². The zero-order valence-electron chi connectivity index (χ0n) is 9.71. The predicted molar refractivity (Wildman–Crippen MR) is 67.4 cm³/mol. The van der Waals surface area contributed by atoms with Gasteiger partial charge in [-0.15, -0.1) is 0 Å². The van der Waals surface area contributed by atoms with Crippen LogP contribution in [0, 0.1) is 15.9 Å². The Morgan fingerprint density at radius 1 is 1.37 bits per heavy atom. The second-order valence-corrected chi connectivity index (χ2v) is 6.56. The number of ether oxygens (including phenoxy) is 1. The first-order valence-corrected chi connectivity index (χ1v) is 7.76. The molecule has 0 radical (unpaired) electrons. The van der Waals surface area contributed by atoms with Gasteiger partial charge in [0.05, 0.1) is 17.3 Å². The molecule has 0 heterocycles. The van der Waals surface area contributed by atoms with E-state index < -0.39 is 19.8 Å². The van der Waals surface area contributed by atoms with Gasteiger partial charge in [-0.25, -0.2) is 12.8 Å². The largest absolute Gasteiger partial charge is 0.487 e. The van der Waals surface area contributed by atoms with E-state index in [-0.39, 0.29) is 30.2 Å². The standard InChI is InChI=1S/C10H11ClFNO5S/c11-19(16,17)6-2-1-5-18-10-7-8(12)3-4-9(10)13(14)15/h3-4,7H,1-2,5-6H2. The van der Waals surface area contributed by atoms with E-state index in [1.807, 2.05) is 0 Å². The molecule has 6 nitrogen and oxygen atoms in total. The summed E-state index contributed by atoms with van der Waals surface area (Å²) in [6.07, 6.45) is 0.592. The third kappa shape index (κ3) is 5.84. The highest BCUT2D eigenvalue weighted by Gasteiger charge is 2.15. The molecular formula is C10H11ClFNO5S. The van der Waals surface area contributed by atoms with Crippen LogP contribution in [0.1, 0.15) is 12.8 Å². The molecule has 0 aliphatic rings. The van der Waals surface area contributed by atoms with E-state index in [1.54, 1.807) is 0 Å². The van der Waals surface area contributed by atoms with E-state index in [0.717, 1.165) is 18.2 Å². The maximum atomic E-state index is 12.9. The second-order valence-electron chi connectivity index (χ2n) is 3.67. The van der Waals surface area contributed by atoms with Crippen molar-refractivity contribution in [3.63, 3.8) is 0 Å². The number of unbranched alkanes of at least 4 members (excludes halogenated alkanes) is 1. The first kappa shape index (κ1) is 15.6. The molecule has 1 rings (SSSR count). The second kappa shape index (κ2) is 6.67. The average Bonchev–Trinajstić information content (AvgIpc) is 2.26. The summed E-state index contributed by atoms with van der Waals surface area (Å²) in [5.74, 6) is -1.04. The lowest BCUT2D eigenvalue weighted by Gasteiger charge is -2.06. The Balaban J connectivity index is 2.53. The van der Waals surface area contributed by atoms with Crippen LogP contribution in [0.25, 0.3) is 0 Å². The number of halogens is 2. The quantitative estimate of drug-likeness (QED) is 0.334. The lowest BCUT2D eigenvalue weighted by atomic mass is 10.3. The summed E-state index contributed by atoms with van der Waals surface area (Å²) in [6.45, 7) is 0.0384. The molecule has 19 heavy (non-hydrogen) atoms. The highest BCUT2D eigenvalue weighted by molar-refractivity contribution is 8.13. The van der Waals surface area contributed by atoms with Gasteiger partial charge in [0.1, 0.15) is 5.82 Å². The molecule has 0 saturated carbocycles. The number of nitro benzene ring substituents is 1. The molecule has 0 amide bonds. The van der Waals surface area contributed by atoms with E-state index in [0.29, 0.717) is 6.42 Å². The van der Waals surface area contributed by atoms with E-state index in [4.69, 9.17) is 15.4 Å². The van der Waals surface area contributed by atoms with Crippen molar-refractivity contribution in [3.05, 3.63) is 34.1 Å². The molecule has 106 valence electrons. The normalized spacial score (nSPS) is 11.3. The molecular weight excluding hydrogens is 301 g/mol. The van der Waals surface area contributed by atoms with Crippen molar-refractivity contribution in [2.45, 2.75) is 12.8 Å². The lowest BCUT2D eigenvalue weighted by molar-refractivity contribution is -0.385. The molecule has 0 unspecified atom stereocenters. The minimum Gasteiger partial charge on any atom is -0.487 e. The lowest BCUT2D eigenvalue weighted by Crippen LogP contribution is -2.04. The molecule has 1 aromatic carbocycles. The smallest absolute Gasteiger partial charge is 0.311 e. The van der Waals surface area contributed by atoms with Gasteiger partial charge in [0.2, 0.25) is 9.05 Å². The Morgan fingerprint density at radius 3 is 2.63 bits per heavy atom. The zero-order chi connectivity index (χ0) is 14.5. The van der Waals surface area contributed by atoms with Crippen LogP contribution < -0.4 is 4.74 Å². The van der Waals surface area contributed by atoms with E-state index in [2.05, 4.69) is 0 Å². The fraction of sp³-hybridized carbons (Fsp3) is 0.400. The summed E-state index contributed by atoms with van der Waals surface area (Å²) < 4.78 is 39.3. The first-order chi connectivity index (χ1) is 8.79. The zero-order valence-corrected chi connectivity index (χ0v) is 11.3. The average molecular weight is 312 g/mol. The molecule has 0 fully saturated rings. The highest BCUT2D eigenvalue weighted by Crippen LogP contribution is 2.27. The number of benzene rings is 1. The summed E-state index contributed by atoms with van der Waals surface area (Å²) in [5, 5.41) is 10.7. The summed E-state index contributed by atoms with van der Waals surface area (Å²) >= 11 is 0. The Hall–Kier alpha value is -1.41. The molecule has 0 atom stereocenters. The van der Waals surface area contributed by atoms with Crippen molar-refractivity contribution in [2.75, 3.05) is 12.4 Å². The van der Waals surface area contributed by atoms with Gasteiger partial charge in [0.15, 0.2) is 5.75 Å². The van der Waals surface area contributed by atoms with Gasteiger partial charge in [-0.1, -0.05) is 0 Å². The summed E-state index contributed by atoms with van der Waals surface area (Å²) in [4.78, 5) is 9.98. The van der Waals surface area contributed by atoms with E-state index in [9.17, 15) is 22.9 Å². The van der Waals surface area contributed by atoms with Crippen molar-refractivity contribution in [3.8, 4) is 5.75 Å². The van der Waals surface area contributed by atoms with Crippen molar-refractivity contribution in [1.82, 2.24) is 0 Å². The summed E-state index contributed by atoms with van der Waals surface area (Å²) in [5.41, 5.74) is -0.341. The van der Waals surface area contributed by atoms with Gasteiger partial charge in [-0.2, -0.15) is 0 Å². The minimum atomic E-state index is -3.55. The SMILES string of the molecule is O=[N+]([O-])c1ccc(F)cc1OCCCCS(=O)(=O)Cl. The maximum absolute atomic E-state index is 12.9. The fourth-order valence-corrected chi connectivity index (χ4v) is 2.19. The van der Waals surface area contributed by atoms with Crippen LogP contribution in [-0.4, -0.2) is 25.7 Å². The van der Waals surface area contributed by atoms with Gasteiger partial charge in [0.25, 0.3) is 0 Å². The van der Waals surface area contributed by atoms with Crippen LogP contribution in [0.5, 0.6) is 5.75 Å². The van der Waals surface area contributed by atoms with Gasteiger partial charge >= 0.3 is 5.69 Å². The molecule has 0 bridgehead atoms. The fourth-order valence-electron chi connectivity index (χ4n) is 1.31. The summed E-state index contributed by atoms with van der Waals surface area (Å²) in [7, 11) is 1.46. The van der Waals surface area contributed by atoms with Crippen LogP contribution in [0.2, 0.25) is 0 Å². The Bertz CT molecular complexity index is 563. The molecule has 0 aliphatic heterocycles. The van der Waals surface area contributed by atoms with Crippen molar-refractivity contribution in [2.24, 2.45) is 0 Å². The topological polar surface area (TPSA) is 86.5 Å². The molecule has 1 aromatic rings. The van der Waals surface area contributed by atoms with Crippen LogP contribution in [0.4, 0.5) is 10.1 Å². The van der Waals surface area contributed by atoms with Crippen molar-refractivity contribution >= 4 is 25.4 Å².